The van der Waals surface area contributed by atoms with Gasteiger partial charge in [0.15, 0.2) is 0 Å². The van der Waals surface area contributed by atoms with E-state index in [2.05, 4.69) is 39.7 Å². The van der Waals surface area contributed by atoms with Crippen LogP contribution in [0.3, 0.4) is 0 Å². The first-order chi connectivity index (χ1) is 7.71. The fourth-order valence-electron chi connectivity index (χ4n) is 1.53. The Kier molecular flexibility index (Phi) is 4.93. The molecule has 0 aliphatic rings. The lowest BCUT2D eigenvalue weighted by Crippen LogP contribution is -2.35. The van der Waals surface area contributed by atoms with Gasteiger partial charge in [0.25, 0.3) is 0 Å². The summed E-state index contributed by atoms with van der Waals surface area (Å²) in [6.07, 6.45) is 0. The second kappa shape index (κ2) is 5.63. The van der Waals surface area contributed by atoms with Crippen molar-refractivity contribution in [3.63, 3.8) is 0 Å². The van der Waals surface area contributed by atoms with Crippen LogP contribution in [0, 0.1) is 6.92 Å². The van der Waals surface area contributed by atoms with E-state index >= 15 is 0 Å². The first-order valence-electron chi connectivity index (χ1n) is 5.66. The number of hydrogen-bond acceptors (Lipinski definition) is 1. The van der Waals surface area contributed by atoms with E-state index in [0.717, 1.165) is 4.47 Å². The second-order valence-electron chi connectivity index (χ2n) is 5.22. The predicted octanol–water partition coefficient (Wildman–Crippen LogP) is 3.87. The minimum Gasteiger partial charge on any atom is -0.242 e. The summed E-state index contributed by atoms with van der Waals surface area (Å²) in [5.41, 5.74) is 2.39. The van der Waals surface area contributed by atoms with Crippen LogP contribution in [-0.4, -0.2) is 8.96 Å². The Morgan fingerprint density at radius 2 is 1.94 bits per heavy atom. The first-order valence-corrected chi connectivity index (χ1v) is 7.60. The summed E-state index contributed by atoms with van der Waals surface area (Å²) in [7, 11) is -1.04. The van der Waals surface area contributed by atoms with Crippen LogP contribution in [0.25, 0.3) is 0 Å². The van der Waals surface area contributed by atoms with Crippen LogP contribution < -0.4 is 4.72 Å². The molecule has 0 amide bonds. The maximum Gasteiger partial charge on any atom is 0.0975 e. The summed E-state index contributed by atoms with van der Waals surface area (Å²) in [4.78, 5) is 0. The van der Waals surface area contributed by atoms with Gasteiger partial charge in [-0.3, -0.25) is 0 Å². The van der Waals surface area contributed by atoms with E-state index in [0.29, 0.717) is 0 Å². The molecule has 0 fully saturated rings. The van der Waals surface area contributed by atoms with E-state index in [9.17, 15) is 4.21 Å². The van der Waals surface area contributed by atoms with Crippen LogP contribution in [0.5, 0.6) is 0 Å². The molecule has 2 atom stereocenters. The molecule has 96 valence electrons. The number of benzene rings is 1. The summed E-state index contributed by atoms with van der Waals surface area (Å²) < 4.78 is 16.0. The maximum atomic E-state index is 12.0. The third kappa shape index (κ3) is 4.19. The Balaban J connectivity index is 2.84. The predicted molar refractivity (Wildman–Crippen MR) is 78.3 cm³/mol. The third-order valence-corrected chi connectivity index (χ3v) is 4.71. The molecule has 1 rings (SSSR count). The minimum absolute atomic E-state index is 0.0863. The average Bonchev–Trinajstić information content (AvgIpc) is 2.15. The molecular formula is C13H20BrNOS. The molecular weight excluding hydrogens is 298 g/mol. The lowest BCUT2D eigenvalue weighted by Gasteiger charge is -2.23. The van der Waals surface area contributed by atoms with Crippen molar-refractivity contribution in [3.8, 4) is 0 Å². The highest BCUT2D eigenvalue weighted by Crippen LogP contribution is 2.23. The van der Waals surface area contributed by atoms with E-state index in [1.54, 1.807) is 0 Å². The number of rotatable bonds is 3. The quantitative estimate of drug-likeness (QED) is 0.900. The van der Waals surface area contributed by atoms with Gasteiger partial charge in [-0.15, -0.1) is 0 Å². The van der Waals surface area contributed by atoms with Gasteiger partial charge in [-0.25, -0.2) is 8.93 Å². The zero-order valence-electron chi connectivity index (χ0n) is 11.0. The van der Waals surface area contributed by atoms with E-state index in [1.165, 1.54) is 11.1 Å². The molecule has 0 aromatic heterocycles. The molecule has 17 heavy (non-hydrogen) atoms. The number of halogens is 1. The molecule has 0 radical (unpaired) electrons. The molecule has 0 saturated heterocycles. The Morgan fingerprint density at radius 1 is 1.35 bits per heavy atom. The molecule has 0 spiro atoms. The largest absolute Gasteiger partial charge is 0.242 e. The fourth-order valence-corrected chi connectivity index (χ4v) is 2.80. The highest BCUT2D eigenvalue weighted by Gasteiger charge is 2.22. The van der Waals surface area contributed by atoms with Gasteiger partial charge < -0.3 is 0 Å². The van der Waals surface area contributed by atoms with E-state index in [4.69, 9.17) is 0 Å². The van der Waals surface area contributed by atoms with Crippen LogP contribution in [0.2, 0.25) is 0 Å². The molecule has 2 nitrogen and oxygen atoms in total. The van der Waals surface area contributed by atoms with Crippen molar-refractivity contribution in [1.82, 2.24) is 4.72 Å². The molecule has 0 saturated carbocycles. The van der Waals surface area contributed by atoms with E-state index in [1.807, 2.05) is 33.8 Å². The number of hydrogen-bond donors (Lipinski definition) is 1. The van der Waals surface area contributed by atoms with Gasteiger partial charge in [0.2, 0.25) is 0 Å². The fraction of sp³-hybridized carbons (Fsp3) is 0.538. The number of nitrogens with one attached hydrogen (secondary N) is 1. The van der Waals surface area contributed by atoms with Crippen molar-refractivity contribution in [3.05, 3.63) is 33.8 Å². The summed E-state index contributed by atoms with van der Waals surface area (Å²) in [5, 5.41) is 0. The van der Waals surface area contributed by atoms with Gasteiger partial charge in [0, 0.05) is 10.5 Å². The highest BCUT2D eigenvalue weighted by atomic mass is 79.9. The molecule has 1 unspecified atom stereocenters. The minimum atomic E-state index is -1.04. The standard InChI is InChI=1S/C13H20BrNOS/c1-9-8-11(14)6-7-12(9)10(2)15-17(16)13(3,4)5/h6-8,10,15H,1-5H3/t10-,17?/m0/s1. The first kappa shape index (κ1) is 14.9. The van der Waals surface area contributed by atoms with Crippen LogP contribution in [0.15, 0.2) is 22.7 Å². The average molecular weight is 318 g/mol. The smallest absolute Gasteiger partial charge is 0.0975 e. The number of aryl methyl sites for hydroxylation is 1. The zero-order chi connectivity index (χ0) is 13.2. The maximum absolute atomic E-state index is 12.0. The lowest BCUT2D eigenvalue weighted by molar-refractivity contribution is 0.615. The van der Waals surface area contributed by atoms with Gasteiger partial charge in [0.05, 0.1) is 15.7 Å². The highest BCUT2D eigenvalue weighted by molar-refractivity contribution is 9.10. The van der Waals surface area contributed by atoms with Crippen molar-refractivity contribution in [1.29, 1.82) is 0 Å². The molecule has 1 aromatic rings. The topological polar surface area (TPSA) is 29.1 Å². The Labute approximate surface area is 115 Å². The third-order valence-electron chi connectivity index (χ3n) is 2.54. The Morgan fingerprint density at radius 3 is 2.41 bits per heavy atom. The Hall–Kier alpha value is -0.190. The molecule has 0 aliphatic carbocycles. The summed E-state index contributed by atoms with van der Waals surface area (Å²) in [6.45, 7) is 10.0. The van der Waals surface area contributed by atoms with Gasteiger partial charge in [0.1, 0.15) is 0 Å². The normalized spacial score (nSPS) is 15.6. The zero-order valence-corrected chi connectivity index (χ0v) is 13.4. The van der Waals surface area contributed by atoms with E-state index < -0.39 is 11.0 Å². The van der Waals surface area contributed by atoms with Crippen LogP contribution in [-0.2, 0) is 11.0 Å². The summed E-state index contributed by atoms with van der Waals surface area (Å²) >= 11 is 3.45. The van der Waals surface area contributed by atoms with Gasteiger partial charge >= 0.3 is 0 Å². The van der Waals surface area contributed by atoms with Gasteiger partial charge in [-0.2, -0.15) is 0 Å². The van der Waals surface area contributed by atoms with Gasteiger partial charge in [-0.1, -0.05) is 22.0 Å². The second-order valence-corrected chi connectivity index (χ2v) is 8.14. The van der Waals surface area contributed by atoms with Crippen LogP contribution in [0.1, 0.15) is 44.9 Å². The lowest BCUT2D eigenvalue weighted by atomic mass is 10.0. The van der Waals surface area contributed by atoms with Crippen molar-refractivity contribution in [2.24, 2.45) is 0 Å². The summed E-state index contributed by atoms with van der Waals surface area (Å²) in [6, 6.07) is 6.24. The van der Waals surface area contributed by atoms with Crippen molar-refractivity contribution >= 4 is 26.9 Å². The summed E-state index contributed by atoms with van der Waals surface area (Å²) in [5.74, 6) is 0. The SMILES string of the molecule is Cc1cc(Br)ccc1[C@H](C)NS(=O)C(C)(C)C. The van der Waals surface area contributed by atoms with Crippen LogP contribution in [0.4, 0.5) is 0 Å². The Bertz CT molecular complexity index is 426. The van der Waals surface area contributed by atoms with E-state index in [-0.39, 0.29) is 10.8 Å². The van der Waals surface area contributed by atoms with Crippen molar-refractivity contribution in [2.45, 2.75) is 45.4 Å². The molecule has 1 aromatic carbocycles. The molecule has 0 heterocycles. The molecule has 0 bridgehead atoms. The van der Waals surface area contributed by atoms with Crippen molar-refractivity contribution in [2.75, 3.05) is 0 Å². The molecule has 0 aliphatic heterocycles. The molecule has 4 heteroatoms. The van der Waals surface area contributed by atoms with Crippen molar-refractivity contribution < 1.29 is 4.21 Å². The van der Waals surface area contributed by atoms with Gasteiger partial charge in [-0.05, 0) is 57.9 Å². The monoisotopic (exact) mass is 317 g/mol. The molecule has 1 N–H and O–H groups in total. The van der Waals surface area contributed by atoms with Crippen LogP contribution >= 0.6 is 15.9 Å².